The molecule has 1 aliphatic heterocycles. The average molecular weight is 316 g/mol. The largest absolute Gasteiger partial charge is 0.380 e. The van der Waals surface area contributed by atoms with Gasteiger partial charge in [-0.05, 0) is 31.0 Å². The molecule has 1 heterocycles. The molecule has 18 heavy (non-hydrogen) atoms. The molecule has 6 heteroatoms. The van der Waals surface area contributed by atoms with E-state index in [1.54, 1.807) is 17.0 Å². The van der Waals surface area contributed by atoms with Crippen molar-refractivity contribution in [1.29, 1.82) is 0 Å². The molecule has 0 saturated carbocycles. The Morgan fingerprint density at radius 3 is 2.67 bits per heavy atom. The number of benzene rings is 1. The highest BCUT2D eigenvalue weighted by molar-refractivity contribution is 9.10. The van der Waals surface area contributed by atoms with E-state index in [2.05, 4.69) is 21.2 Å². The number of hydrogen-bond acceptors (Lipinski definition) is 2. The summed E-state index contributed by atoms with van der Waals surface area (Å²) in [5.74, 6) is -0.276. The number of rotatable bonds is 2. The SMILES string of the molecule is NC(=O)N1CCC(Nc2ccc(Br)cc2F)CC1. The van der Waals surface area contributed by atoms with Crippen molar-refractivity contribution in [2.45, 2.75) is 18.9 Å². The second-order valence-corrected chi connectivity index (χ2v) is 5.28. The molecule has 1 fully saturated rings. The van der Waals surface area contributed by atoms with Gasteiger partial charge in [-0.3, -0.25) is 0 Å². The Morgan fingerprint density at radius 1 is 1.44 bits per heavy atom. The van der Waals surface area contributed by atoms with Gasteiger partial charge in [0.15, 0.2) is 0 Å². The highest BCUT2D eigenvalue weighted by Crippen LogP contribution is 2.22. The van der Waals surface area contributed by atoms with E-state index >= 15 is 0 Å². The molecular formula is C12H15BrFN3O. The van der Waals surface area contributed by atoms with Gasteiger partial charge in [-0.15, -0.1) is 0 Å². The smallest absolute Gasteiger partial charge is 0.314 e. The van der Waals surface area contributed by atoms with Crippen LogP contribution in [0, 0.1) is 5.82 Å². The molecule has 1 aromatic rings. The van der Waals surface area contributed by atoms with Crippen molar-refractivity contribution in [3.8, 4) is 0 Å². The van der Waals surface area contributed by atoms with Gasteiger partial charge in [0.1, 0.15) is 5.82 Å². The second-order valence-electron chi connectivity index (χ2n) is 4.37. The molecule has 0 aliphatic carbocycles. The van der Waals surface area contributed by atoms with Crippen LogP contribution in [0.3, 0.4) is 0 Å². The molecule has 2 rings (SSSR count). The Bertz CT molecular complexity index is 447. The lowest BCUT2D eigenvalue weighted by Gasteiger charge is -2.31. The van der Waals surface area contributed by atoms with E-state index in [1.807, 2.05) is 0 Å². The number of hydrogen-bond donors (Lipinski definition) is 2. The summed E-state index contributed by atoms with van der Waals surface area (Å²) in [7, 11) is 0. The molecule has 0 aromatic heterocycles. The zero-order valence-corrected chi connectivity index (χ0v) is 11.4. The molecule has 0 atom stereocenters. The molecule has 1 aromatic carbocycles. The standard InChI is InChI=1S/C12H15BrFN3O/c13-8-1-2-11(10(14)7-8)16-9-3-5-17(6-4-9)12(15)18/h1-2,7,9,16H,3-6H2,(H2,15,18). The third-order valence-corrected chi connectivity index (χ3v) is 3.59. The van der Waals surface area contributed by atoms with Crippen molar-refractivity contribution in [1.82, 2.24) is 4.90 Å². The van der Waals surface area contributed by atoms with Crippen molar-refractivity contribution in [2.24, 2.45) is 5.73 Å². The molecule has 0 bridgehead atoms. The third-order valence-electron chi connectivity index (χ3n) is 3.10. The summed E-state index contributed by atoms with van der Waals surface area (Å²) >= 11 is 3.22. The van der Waals surface area contributed by atoms with Crippen molar-refractivity contribution in [3.63, 3.8) is 0 Å². The van der Waals surface area contributed by atoms with E-state index in [4.69, 9.17) is 5.73 Å². The van der Waals surface area contributed by atoms with Crippen LogP contribution in [-0.2, 0) is 0 Å². The molecule has 0 unspecified atom stereocenters. The van der Waals surface area contributed by atoms with Gasteiger partial charge in [-0.2, -0.15) is 0 Å². The number of nitrogens with two attached hydrogens (primary N) is 1. The number of urea groups is 1. The van der Waals surface area contributed by atoms with Crippen molar-refractivity contribution < 1.29 is 9.18 Å². The van der Waals surface area contributed by atoms with Crippen LogP contribution in [0.2, 0.25) is 0 Å². The number of likely N-dealkylation sites (tertiary alicyclic amines) is 1. The number of anilines is 1. The first-order valence-electron chi connectivity index (χ1n) is 5.82. The lowest BCUT2D eigenvalue weighted by molar-refractivity contribution is 0.193. The van der Waals surface area contributed by atoms with E-state index in [9.17, 15) is 9.18 Å². The lowest BCUT2D eigenvalue weighted by Crippen LogP contribution is -2.44. The number of piperidine rings is 1. The number of carbonyl (C=O) groups is 1. The Kier molecular flexibility index (Phi) is 4.06. The topological polar surface area (TPSA) is 58.4 Å². The molecule has 3 N–H and O–H groups in total. The molecule has 1 saturated heterocycles. The van der Waals surface area contributed by atoms with E-state index in [0.29, 0.717) is 23.2 Å². The van der Waals surface area contributed by atoms with Gasteiger partial charge in [-0.1, -0.05) is 15.9 Å². The summed E-state index contributed by atoms with van der Waals surface area (Å²) in [6, 6.07) is 4.73. The van der Waals surface area contributed by atoms with Crippen LogP contribution in [0.25, 0.3) is 0 Å². The van der Waals surface area contributed by atoms with Crippen molar-refractivity contribution >= 4 is 27.6 Å². The minimum absolute atomic E-state index is 0.177. The monoisotopic (exact) mass is 315 g/mol. The Morgan fingerprint density at radius 2 is 2.11 bits per heavy atom. The number of nitrogens with zero attached hydrogens (tertiary/aromatic N) is 1. The van der Waals surface area contributed by atoms with E-state index in [0.717, 1.165) is 12.8 Å². The average Bonchev–Trinajstić information content (AvgIpc) is 2.33. The predicted octanol–water partition coefficient (Wildman–Crippen LogP) is 2.54. The highest BCUT2D eigenvalue weighted by atomic mass is 79.9. The predicted molar refractivity (Wildman–Crippen MR) is 71.9 cm³/mol. The number of primary amides is 1. The van der Waals surface area contributed by atoms with Gasteiger partial charge in [0.2, 0.25) is 0 Å². The van der Waals surface area contributed by atoms with Crippen LogP contribution >= 0.6 is 15.9 Å². The number of halogens is 2. The van der Waals surface area contributed by atoms with Gasteiger partial charge in [-0.25, -0.2) is 9.18 Å². The normalized spacial score (nSPS) is 16.7. The van der Waals surface area contributed by atoms with Crippen molar-refractivity contribution in [2.75, 3.05) is 18.4 Å². The summed E-state index contributed by atoms with van der Waals surface area (Å²) in [6.45, 7) is 1.23. The van der Waals surface area contributed by atoms with Crippen molar-refractivity contribution in [3.05, 3.63) is 28.5 Å². The fraction of sp³-hybridized carbons (Fsp3) is 0.417. The second kappa shape index (κ2) is 5.56. The molecule has 2 amide bonds. The van der Waals surface area contributed by atoms with Gasteiger partial charge in [0, 0.05) is 23.6 Å². The van der Waals surface area contributed by atoms with Crippen LogP contribution < -0.4 is 11.1 Å². The summed E-state index contributed by atoms with van der Waals surface area (Å²) in [4.78, 5) is 12.6. The molecule has 1 aliphatic rings. The van der Waals surface area contributed by atoms with E-state index in [1.165, 1.54) is 6.07 Å². The van der Waals surface area contributed by atoms with Gasteiger partial charge < -0.3 is 16.0 Å². The quantitative estimate of drug-likeness (QED) is 0.881. The van der Waals surface area contributed by atoms with Crippen LogP contribution in [-0.4, -0.2) is 30.1 Å². The molecule has 98 valence electrons. The Hall–Kier alpha value is -1.30. The summed E-state index contributed by atoms with van der Waals surface area (Å²) in [5, 5.41) is 3.16. The maximum absolute atomic E-state index is 13.6. The summed E-state index contributed by atoms with van der Waals surface area (Å²) in [5.41, 5.74) is 5.70. The number of amides is 2. The fourth-order valence-corrected chi connectivity index (χ4v) is 2.40. The minimum atomic E-state index is -0.386. The van der Waals surface area contributed by atoms with Gasteiger partial charge >= 0.3 is 6.03 Å². The molecule has 4 nitrogen and oxygen atoms in total. The number of nitrogens with one attached hydrogen (secondary N) is 1. The molecular weight excluding hydrogens is 301 g/mol. The zero-order valence-electron chi connectivity index (χ0n) is 9.83. The van der Waals surface area contributed by atoms with E-state index < -0.39 is 0 Å². The van der Waals surface area contributed by atoms with E-state index in [-0.39, 0.29) is 17.9 Å². The highest BCUT2D eigenvalue weighted by Gasteiger charge is 2.21. The first kappa shape index (κ1) is 13.1. The maximum atomic E-state index is 13.6. The van der Waals surface area contributed by atoms with Crippen LogP contribution in [0.4, 0.5) is 14.9 Å². The summed E-state index contributed by atoms with van der Waals surface area (Å²) in [6.07, 6.45) is 1.55. The van der Waals surface area contributed by atoms with Gasteiger partial charge in [0.25, 0.3) is 0 Å². The number of carbonyl (C=O) groups excluding carboxylic acids is 1. The zero-order chi connectivity index (χ0) is 13.1. The molecule has 0 spiro atoms. The summed E-state index contributed by atoms with van der Waals surface area (Å²) < 4.78 is 14.4. The maximum Gasteiger partial charge on any atom is 0.314 e. The Labute approximate surface area is 113 Å². The van der Waals surface area contributed by atoms with Crippen LogP contribution in [0.5, 0.6) is 0 Å². The van der Waals surface area contributed by atoms with Crippen LogP contribution in [0.15, 0.2) is 22.7 Å². The van der Waals surface area contributed by atoms with Crippen LogP contribution in [0.1, 0.15) is 12.8 Å². The molecule has 0 radical (unpaired) electrons. The van der Waals surface area contributed by atoms with Gasteiger partial charge in [0.05, 0.1) is 5.69 Å². The minimum Gasteiger partial charge on any atom is -0.380 e. The lowest BCUT2D eigenvalue weighted by atomic mass is 10.0. The fourth-order valence-electron chi connectivity index (χ4n) is 2.07. The third kappa shape index (κ3) is 3.13. The first-order valence-corrected chi connectivity index (χ1v) is 6.61. The Balaban J connectivity index is 1.93. The first-order chi connectivity index (χ1) is 8.56.